The first-order valence-electron chi connectivity index (χ1n) is 7.56. The Balaban J connectivity index is 1.87. The highest BCUT2D eigenvalue weighted by Crippen LogP contribution is 2.25. The molecule has 0 aliphatic carbocycles. The fourth-order valence-corrected chi connectivity index (χ4v) is 2.75. The maximum atomic E-state index is 11.7. The molecule has 1 aliphatic heterocycles. The maximum absolute atomic E-state index is 11.7. The number of anilines is 1. The van der Waals surface area contributed by atoms with E-state index in [0.29, 0.717) is 11.1 Å². The molecular formula is C17H17NO7. The second kappa shape index (κ2) is 6.84. The van der Waals surface area contributed by atoms with Gasteiger partial charge in [0.25, 0.3) is 0 Å². The predicted molar refractivity (Wildman–Crippen MR) is 87.8 cm³/mol. The van der Waals surface area contributed by atoms with Crippen molar-refractivity contribution in [2.45, 2.75) is 30.6 Å². The van der Waals surface area contributed by atoms with Gasteiger partial charge in [0.1, 0.15) is 35.5 Å². The van der Waals surface area contributed by atoms with E-state index in [1.54, 1.807) is 12.1 Å². The zero-order chi connectivity index (χ0) is 18.1. The van der Waals surface area contributed by atoms with Gasteiger partial charge in [-0.2, -0.15) is 0 Å². The quantitative estimate of drug-likeness (QED) is 0.352. The van der Waals surface area contributed by atoms with Gasteiger partial charge in [0, 0.05) is 17.1 Å². The number of hydrogen-bond donors (Lipinski definition) is 5. The Bertz CT molecular complexity index is 871. The Morgan fingerprint density at radius 2 is 1.96 bits per heavy atom. The average molecular weight is 347 g/mol. The molecule has 8 nitrogen and oxygen atoms in total. The van der Waals surface area contributed by atoms with E-state index in [0.717, 1.165) is 0 Å². The third kappa shape index (κ3) is 3.24. The minimum absolute atomic E-state index is 0.109. The van der Waals surface area contributed by atoms with Gasteiger partial charge in [0.05, 0.1) is 6.61 Å². The van der Waals surface area contributed by atoms with Gasteiger partial charge in [-0.25, -0.2) is 4.79 Å². The van der Waals surface area contributed by atoms with Gasteiger partial charge in [0.15, 0.2) is 6.29 Å². The van der Waals surface area contributed by atoms with Crippen molar-refractivity contribution in [3.05, 3.63) is 40.2 Å². The minimum Gasteiger partial charge on any atom is -0.422 e. The molecular weight excluding hydrogens is 330 g/mol. The van der Waals surface area contributed by atoms with Crippen molar-refractivity contribution in [1.82, 2.24) is 0 Å². The molecule has 25 heavy (non-hydrogen) atoms. The van der Waals surface area contributed by atoms with Crippen molar-refractivity contribution in [2.24, 2.45) is 0 Å². The standard InChI is InChI=1S/C17H17NO7/c1-2-8-5-9-3-4-10(6-11(9)24-16(8)22)18-13-15(21)14(20)12(7-19)25-17(13)23/h1,3-6,12-15,17-21,23H,7H2/t12?,13?,14-,15-,17?/m0/s1. The third-order valence-corrected chi connectivity index (χ3v) is 4.12. The van der Waals surface area contributed by atoms with E-state index in [4.69, 9.17) is 20.7 Å². The van der Waals surface area contributed by atoms with E-state index in [2.05, 4.69) is 11.2 Å². The molecule has 1 aromatic carbocycles. The summed E-state index contributed by atoms with van der Waals surface area (Å²) in [5, 5.41) is 42.5. The van der Waals surface area contributed by atoms with Crippen LogP contribution in [0.3, 0.4) is 0 Å². The molecule has 3 rings (SSSR count). The molecule has 1 fully saturated rings. The van der Waals surface area contributed by atoms with Gasteiger partial charge >= 0.3 is 5.63 Å². The summed E-state index contributed by atoms with van der Waals surface area (Å²) in [7, 11) is 0. The molecule has 3 unspecified atom stereocenters. The molecule has 0 radical (unpaired) electrons. The van der Waals surface area contributed by atoms with Crippen molar-refractivity contribution in [3.63, 3.8) is 0 Å². The number of terminal acetylenes is 1. The fraction of sp³-hybridized carbons (Fsp3) is 0.353. The molecule has 0 spiro atoms. The molecule has 1 saturated heterocycles. The lowest BCUT2D eigenvalue weighted by molar-refractivity contribution is -0.245. The molecule has 1 aliphatic rings. The van der Waals surface area contributed by atoms with Gasteiger partial charge in [-0.05, 0) is 18.2 Å². The Hall–Kier alpha value is -2.41. The Labute approximate surface area is 142 Å². The first kappa shape index (κ1) is 17.4. The lowest BCUT2D eigenvalue weighted by Gasteiger charge is -2.40. The van der Waals surface area contributed by atoms with Gasteiger partial charge in [0.2, 0.25) is 0 Å². The van der Waals surface area contributed by atoms with Crippen LogP contribution in [0.4, 0.5) is 5.69 Å². The summed E-state index contributed by atoms with van der Waals surface area (Å²) in [6.07, 6.45) is -0.0664. The summed E-state index contributed by atoms with van der Waals surface area (Å²) in [5.41, 5.74) is 0.154. The number of ether oxygens (including phenoxy) is 1. The van der Waals surface area contributed by atoms with Gasteiger partial charge in [-0.3, -0.25) is 0 Å². The number of rotatable bonds is 3. The lowest BCUT2D eigenvalue weighted by atomic mass is 9.97. The van der Waals surface area contributed by atoms with Crippen LogP contribution >= 0.6 is 0 Å². The highest BCUT2D eigenvalue weighted by molar-refractivity contribution is 5.81. The van der Waals surface area contributed by atoms with Crippen LogP contribution in [0.25, 0.3) is 11.0 Å². The highest BCUT2D eigenvalue weighted by Gasteiger charge is 2.43. The van der Waals surface area contributed by atoms with Crippen LogP contribution in [-0.2, 0) is 4.74 Å². The monoisotopic (exact) mass is 347 g/mol. The average Bonchev–Trinajstić information content (AvgIpc) is 2.61. The Morgan fingerprint density at radius 3 is 2.64 bits per heavy atom. The molecule has 2 aromatic rings. The predicted octanol–water partition coefficient (Wildman–Crippen LogP) is -1.01. The summed E-state index contributed by atoms with van der Waals surface area (Å²) in [6, 6.07) is 5.25. The lowest BCUT2D eigenvalue weighted by Crippen LogP contribution is -2.61. The van der Waals surface area contributed by atoms with Crippen LogP contribution in [-0.4, -0.2) is 57.7 Å². The van der Waals surface area contributed by atoms with Gasteiger partial charge < -0.3 is 34.9 Å². The fourth-order valence-electron chi connectivity index (χ4n) is 2.75. The molecule has 8 heteroatoms. The molecule has 132 valence electrons. The summed E-state index contributed by atoms with van der Waals surface area (Å²) in [4.78, 5) is 11.7. The number of hydrogen-bond acceptors (Lipinski definition) is 8. The third-order valence-electron chi connectivity index (χ3n) is 4.12. The number of fused-ring (bicyclic) bond motifs is 1. The van der Waals surface area contributed by atoms with Crippen LogP contribution in [0, 0.1) is 12.3 Å². The number of nitrogens with one attached hydrogen (secondary N) is 1. The first-order chi connectivity index (χ1) is 11.9. The van der Waals surface area contributed by atoms with Crippen LogP contribution in [0.5, 0.6) is 0 Å². The largest absolute Gasteiger partial charge is 0.422 e. The number of benzene rings is 1. The van der Waals surface area contributed by atoms with Crippen LogP contribution < -0.4 is 10.9 Å². The topological polar surface area (TPSA) is 132 Å². The highest BCUT2D eigenvalue weighted by atomic mass is 16.6. The van der Waals surface area contributed by atoms with Crippen molar-refractivity contribution in [1.29, 1.82) is 0 Å². The minimum atomic E-state index is -1.46. The molecule has 0 amide bonds. The zero-order valence-electron chi connectivity index (χ0n) is 13.0. The van der Waals surface area contributed by atoms with Gasteiger partial charge in [-0.1, -0.05) is 5.92 Å². The maximum Gasteiger partial charge on any atom is 0.352 e. The second-order valence-corrected chi connectivity index (χ2v) is 5.74. The van der Waals surface area contributed by atoms with E-state index in [-0.39, 0.29) is 11.1 Å². The molecule has 0 saturated carbocycles. The van der Waals surface area contributed by atoms with E-state index in [1.165, 1.54) is 12.1 Å². The van der Waals surface area contributed by atoms with Crippen LogP contribution in [0.15, 0.2) is 33.5 Å². The normalized spacial score (nSPS) is 29.3. The second-order valence-electron chi connectivity index (χ2n) is 5.74. The smallest absolute Gasteiger partial charge is 0.352 e. The van der Waals surface area contributed by atoms with Crippen LogP contribution in [0.2, 0.25) is 0 Å². The zero-order valence-corrected chi connectivity index (χ0v) is 13.0. The molecule has 1 aromatic heterocycles. The molecule has 5 atom stereocenters. The summed E-state index contributed by atoms with van der Waals surface area (Å²) in [5.74, 6) is 2.24. The van der Waals surface area contributed by atoms with Crippen molar-refractivity contribution in [3.8, 4) is 12.3 Å². The first-order valence-corrected chi connectivity index (χ1v) is 7.56. The Kier molecular flexibility index (Phi) is 4.76. The van der Waals surface area contributed by atoms with Crippen LogP contribution in [0.1, 0.15) is 5.56 Å². The number of aliphatic hydroxyl groups is 4. The molecule has 5 N–H and O–H groups in total. The van der Waals surface area contributed by atoms with E-state index < -0.39 is 42.9 Å². The van der Waals surface area contributed by atoms with Crippen molar-refractivity contribution >= 4 is 16.7 Å². The number of aliphatic hydroxyl groups excluding tert-OH is 4. The van der Waals surface area contributed by atoms with E-state index >= 15 is 0 Å². The van der Waals surface area contributed by atoms with E-state index in [9.17, 15) is 20.1 Å². The summed E-state index contributed by atoms with van der Waals surface area (Å²) in [6.45, 7) is -0.541. The molecule has 2 heterocycles. The SMILES string of the molecule is C#Cc1cc2ccc(NC3C(O)OC(CO)[C@H](O)[C@H]3O)cc2oc1=O. The van der Waals surface area contributed by atoms with Crippen molar-refractivity contribution < 1.29 is 29.6 Å². The molecule has 0 bridgehead atoms. The summed E-state index contributed by atoms with van der Waals surface area (Å²) >= 11 is 0. The van der Waals surface area contributed by atoms with Gasteiger partial charge in [-0.15, -0.1) is 6.42 Å². The summed E-state index contributed by atoms with van der Waals surface area (Å²) < 4.78 is 10.2. The Morgan fingerprint density at radius 1 is 1.20 bits per heavy atom. The van der Waals surface area contributed by atoms with E-state index in [1.807, 2.05) is 0 Å². The van der Waals surface area contributed by atoms with Crippen molar-refractivity contribution in [2.75, 3.05) is 11.9 Å².